The maximum atomic E-state index is 4.59. The minimum atomic E-state index is 0.103. The van der Waals surface area contributed by atoms with Gasteiger partial charge in [0, 0.05) is 12.0 Å². The first kappa shape index (κ1) is 16.4. The Morgan fingerprint density at radius 2 is 1.22 bits per heavy atom. The molecule has 4 heteroatoms. The van der Waals surface area contributed by atoms with Gasteiger partial charge in [0.2, 0.25) is 0 Å². The standard InChI is InChI=1S/C23H19N3S/c1-4-10-16(11-5-1)19-20(17-12-6-2-7-13-17)24-21(18-14-8-3-9-15-18)23-22(19)25-26-27-23/h1-15,19-21,24H. The molecule has 3 nitrogen and oxygen atoms in total. The average Bonchev–Trinajstić information content (AvgIpc) is 3.24. The first-order valence-corrected chi connectivity index (χ1v) is 9.92. The van der Waals surface area contributed by atoms with E-state index in [4.69, 9.17) is 0 Å². The Labute approximate surface area is 162 Å². The predicted octanol–water partition coefficient (Wildman–Crippen LogP) is 5.10. The Kier molecular flexibility index (Phi) is 4.28. The number of benzene rings is 3. The fourth-order valence-corrected chi connectivity index (χ4v) is 4.77. The van der Waals surface area contributed by atoms with E-state index in [-0.39, 0.29) is 18.0 Å². The van der Waals surface area contributed by atoms with E-state index in [9.17, 15) is 0 Å². The summed E-state index contributed by atoms with van der Waals surface area (Å²) in [6, 6.07) is 32.1. The fraction of sp³-hybridized carbons (Fsp3) is 0.130. The number of aromatic nitrogens is 2. The lowest BCUT2D eigenvalue weighted by Crippen LogP contribution is -2.37. The zero-order valence-corrected chi connectivity index (χ0v) is 15.5. The highest BCUT2D eigenvalue weighted by Gasteiger charge is 2.39. The molecule has 0 radical (unpaired) electrons. The monoisotopic (exact) mass is 369 g/mol. The molecule has 27 heavy (non-hydrogen) atoms. The summed E-state index contributed by atoms with van der Waals surface area (Å²) in [5.74, 6) is 0.141. The molecule has 0 bridgehead atoms. The van der Waals surface area contributed by atoms with Crippen molar-refractivity contribution in [3.63, 3.8) is 0 Å². The minimum Gasteiger partial charge on any atom is -0.298 e. The Balaban J connectivity index is 1.68. The lowest BCUT2D eigenvalue weighted by Gasteiger charge is -2.37. The maximum Gasteiger partial charge on any atom is 0.0901 e. The molecule has 0 aliphatic carbocycles. The van der Waals surface area contributed by atoms with Gasteiger partial charge < -0.3 is 0 Å². The van der Waals surface area contributed by atoms with Crippen LogP contribution in [0.4, 0.5) is 0 Å². The van der Waals surface area contributed by atoms with Crippen LogP contribution < -0.4 is 5.32 Å². The summed E-state index contributed by atoms with van der Waals surface area (Å²) in [5.41, 5.74) is 4.87. The van der Waals surface area contributed by atoms with E-state index in [0.717, 1.165) is 5.69 Å². The molecule has 3 atom stereocenters. The van der Waals surface area contributed by atoms with Crippen molar-refractivity contribution < 1.29 is 0 Å². The van der Waals surface area contributed by atoms with Crippen molar-refractivity contribution >= 4 is 11.5 Å². The van der Waals surface area contributed by atoms with Crippen LogP contribution in [0.25, 0.3) is 0 Å². The van der Waals surface area contributed by atoms with Gasteiger partial charge in [-0.15, -0.1) is 5.10 Å². The third kappa shape index (κ3) is 2.97. The maximum absolute atomic E-state index is 4.59. The van der Waals surface area contributed by atoms with Crippen molar-refractivity contribution in [2.75, 3.05) is 0 Å². The molecular formula is C23H19N3S. The molecule has 0 saturated carbocycles. The quantitative estimate of drug-likeness (QED) is 0.546. The SMILES string of the molecule is c1ccc(C2NC(c3ccccc3)C(c3ccccc3)c3nnsc32)cc1. The molecule has 3 aromatic carbocycles. The Morgan fingerprint density at radius 3 is 1.85 bits per heavy atom. The molecular weight excluding hydrogens is 350 g/mol. The van der Waals surface area contributed by atoms with Gasteiger partial charge in [0.1, 0.15) is 0 Å². The van der Waals surface area contributed by atoms with E-state index in [0.29, 0.717) is 0 Å². The summed E-state index contributed by atoms with van der Waals surface area (Å²) in [5, 5.41) is 8.50. The van der Waals surface area contributed by atoms with Crippen LogP contribution in [0.2, 0.25) is 0 Å². The summed E-state index contributed by atoms with van der Waals surface area (Å²) >= 11 is 1.50. The van der Waals surface area contributed by atoms with Crippen molar-refractivity contribution in [3.05, 3.63) is 118 Å². The molecule has 3 unspecified atom stereocenters. The number of hydrogen-bond donors (Lipinski definition) is 1. The van der Waals surface area contributed by atoms with Gasteiger partial charge in [-0.3, -0.25) is 5.32 Å². The van der Waals surface area contributed by atoms with E-state index >= 15 is 0 Å². The number of hydrogen-bond acceptors (Lipinski definition) is 4. The minimum absolute atomic E-state index is 0.103. The Morgan fingerprint density at radius 1 is 0.667 bits per heavy atom. The fourth-order valence-electron chi connectivity index (χ4n) is 3.98. The Hall–Kier alpha value is -2.82. The van der Waals surface area contributed by atoms with Gasteiger partial charge >= 0.3 is 0 Å². The molecule has 4 aromatic rings. The van der Waals surface area contributed by atoms with Crippen molar-refractivity contribution in [1.29, 1.82) is 0 Å². The molecule has 5 rings (SSSR count). The van der Waals surface area contributed by atoms with Crippen LogP contribution in [0.15, 0.2) is 91.0 Å². The number of fused-ring (bicyclic) bond motifs is 1. The molecule has 0 spiro atoms. The van der Waals surface area contributed by atoms with Crippen LogP contribution in [0, 0.1) is 0 Å². The van der Waals surface area contributed by atoms with Crippen molar-refractivity contribution in [2.45, 2.75) is 18.0 Å². The number of rotatable bonds is 3. The van der Waals surface area contributed by atoms with E-state index in [1.807, 2.05) is 0 Å². The van der Waals surface area contributed by atoms with Crippen LogP contribution in [0.5, 0.6) is 0 Å². The second-order valence-corrected chi connectivity index (χ2v) is 7.60. The van der Waals surface area contributed by atoms with E-state index in [1.54, 1.807) is 0 Å². The lowest BCUT2D eigenvalue weighted by atomic mass is 9.79. The highest BCUT2D eigenvalue weighted by Crippen LogP contribution is 2.46. The zero-order chi connectivity index (χ0) is 18.1. The van der Waals surface area contributed by atoms with Gasteiger partial charge in [-0.1, -0.05) is 95.5 Å². The molecule has 0 amide bonds. The molecule has 132 valence electrons. The lowest BCUT2D eigenvalue weighted by molar-refractivity contribution is 0.411. The summed E-state index contributed by atoms with van der Waals surface area (Å²) in [7, 11) is 0. The second-order valence-electron chi connectivity index (χ2n) is 6.81. The normalized spacial score (nSPS) is 21.6. The van der Waals surface area contributed by atoms with E-state index in [1.165, 1.54) is 33.1 Å². The van der Waals surface area contributed by atoms with Crippen LogP contribution in [0.1, 0.15) is 45.3 Å². The molecule has 1 aromatic heterocycles. The molecule has 1 aliphatic rings. The summed E-state index contributed by atoms with van der Waals surface area (Å²) in [4.78, 5) is 1.21. The van der Waals surface area contributed by atoms with Crippen LogP contribution >= 0.6 is 11.5 Å². The van der Waals surface area contributed by atoms with Crippen molar-refractivity contribution in [2.24, 2.45) is 0 Å². The van der Waals surface area contributed by atoms with Gasteiger partial charge in [0.15, 0.2) is 0 Å². The second kappa shape index (κ2) is 7.06. The smallest absolute Gasteiger partial charge is 0.0901 e. The molecule has 1 aliphatic heterocycles. The zero-order valence-electron chi connectivity index (χ0n) is 14.7. The third-order valence-corrected chi connectivity index (χ3v) is 6.03. The summed E-state index contributed by atoms with van der Waals surface area (Å²) < 4.78 is 4.34. The van der Waals surface area contributed by atoms with Crippen LogP contribution in [-0.2, 0) is 0 Å². The van der Waals surface area contributed by atoms with Gasteiger partial charge in [0.25, 0.3) is 0 Å². The highest BCUT2D eigenvalue weighted by atomic mass is 32.1. The molecule has 0 saturated heterocycles. The Bertz CT molecular complexity index is 1020. The highest BCUT2D eigenvalue weighted by molar-refractivity contribution is 7.05. The largest absolute Gasteiger partial charge is 0.298 e. The van der Waals surface area contributed by atoms with Crippen LogP contribution in [-0.4, -0.2) is 9.59 Å². The molecule has 0 fully saturated rings. The van der Waals surface area contributed by atoms with Crippen molar-refractivity contribution in [3.8, 4) is 0 Å². The van der Waals surface area contributed by atoms with Gasteiger partial charge in [-0.25, -0.2) is 0 Å². The topological polar surface area (TPSA) is 37.8 Å². The molecule has 2 heterocycles. The van der Waals surface area contributed by atoms with Gasteiger partial charge in [-0.2, -0.15) is 0 Å². The van der Waals surface area contributed by atoms with E-state index < -0.39 is 0 Å². The number of nitrogens with zero attached hydrogens (tertiary/aromatic N) is 2. The van der Waals surface area contributed by atoms with E-state index in [2.05, 4.69) is 106 Å². The molecule has 1 N–H and O–H groups in total. The average molecular weight is 369 g/mol. The van der Waals surface area contributed by atoms with Crippen molar-refractivity contribution in [1.82, 2.24) is 14.9 Å². The first-order chi connectivity index (χ1) is 13.4. The number of nitrogens with one attached hydrogen (secondary N) is 1. The van der Waals surface area contributed by atoms with Gasteiger partial charge in [-0.05, 0) is 28.2 Å². The van der Waals surface area contributed by atoms with Gasteiger partial charge in [0.05, 0.1) is 16.6 Å². The first-order valence-electron chi connectivity index (χ1n) is 9.15. The summed E-state index contributed by atoms with van der Waals surface area (Å²) in [6.07, 6.45) is 0. The van der Waals surface area contributed by atoms with Crippen LogP contribution in [0.3, 0.4) is 0 Å². The third-order valence-electron chi connectivity index (χ3n) is 5.23. The summed E-state index contributed by atoms with van der Waals surface area (Å²) in [6.45, 7) is 0. The predicted molar refractivity (Wildman–Crippen MR) is 109 cm³/mol.